The Balaban J connectivity index is 2.34. The van der Waals surface area contributed by atoms with Crippen LogP contribution in [0.3, 0.4) is 0 Å². The van der Waals surface area contributed by atoms with E-state index in [4.69, 9.17) is 29.0 Å². The number of benzene rings is 2. The predicted octanol–water partition coefficient (Wildman–Crippen LogP) is 4.48. The van der Waals surface area contributed by atoms with Crippen molar-refractivity contribution in [3.8, 4) is 0 Å². The largest absolute Gasteiger partial charge is 0.271 e. The second-order valence-corrected chi connectivity index (χ2v) is 6.27. The summed E-state index contributed by atoms with van der Waals surface area (Å²) in [6.45, 7) is 0. The molecule has 0 bridgehead atoms. The number of hydrazine groups is 1. The van der Waals surface area contributed by atoms with Gasteiger partial charge in [-0.25, -0.2) is 4.39 Å². The van der Waals surface area contributed by atoms with Crippen molar-refractivity contribution in [1.29, 1.82) is 0 Å². The third kappa shape index (κ3) is 3.62. The lowest BCUT2D eigenvalue weighted by Gasteiger charge is -2.19. The maximum Gasteiger partial charge on any atom is 0.124 e. The summed E-state index contributed by atoms with van der Waals surface area (Å²) < 4.78 is 14.0. The van der Waals surface area contributed by atoms with Crippen molar-refractivity contribution in [1.82, 2.24) is 5.43 Å². The standard InChI is InChI=1S/C14H12Cl2FIN2/c15-11-2-1-3-12(16)10(11)7-14(20-19)9-5-4-8(17)6-13(9)18/h1-6,14,20H,7,19H2. The van der Waals surface area contributed by atoms with Gasteiger partial charge in [-0.15, -0.1) is 0 Å². The maximum atomic E-state index is 13.2. The van der Waals surface area contributed by atoms with Gasteiger partial charge in [0.1, 0.15) is 5.82 Å². The highest BCUT2D eigenvalue weighted by atomic mass is 127. The van der Waals surface area contributed by atoms with Gasteiger partial charge in [-0.1, -0.05) is 35.3 Å². The van der Waals surface area contributed by atoms with E-state index in [0.29, 0.717) is 16.5 Å². The summed E-state index contributed by atoms with van der Waals surface area (Å²) in [6.07, 6.45) is 0.524. The van der Waals surface area contributed by atoms with Crippen LogP contribution >= 0.6 is 45.8 Å². The molecule has 0 amide bonds. The number of rotatable bonds is 4. The van der Waals surface area contributed by atoms with Gasteiger partial charge in [0.25, 0.3) is 0 Å². The molecule has 2 aromatic carbocycles. The van der Waals surface area contributed by atoms with Crippen LogP contribution in [0.1, 0.15) is 17.2 Å². The summed E-state index contributed by atoms with van der Waals surface area (Å²) in [6, 6.07) is 9.76. The minimum atomic E-state index is -0.273. The first-order valence-corrected chi connectivity index (χ1v) is 7.70. The molecule has 1 unspecified atom stereocenters. The van der Waals surface area contributed by atoms with E-state index in [1.54, 1.807) is 24.3 Å². The molecule has 0 aromatic heterocycles. The Morgan fingerprint density at radius 1 is 1.20 bits per heavy atom. The first-order chi connectivity index (χ1) is 9.52. The third-order valence-electron chi connectivity index (χ3n) is 3.01. The second kappa shape index (κ2) is 7.04. The summed E-state index contributed by atoms with van der Waals surface area (Å²) in [5, 5.41) is 1.18. The number of nitrogens with two attached hydrogens (primary N) is 1. The molecule has 0 fully saturated rings. The van der Waals surface area contributed by atoms with Crippen LogP contribution in [-0.2, 0) is 6.42 Å². The van der Waals surface area contributed by atoms with Gasteiger partial charge in [-0.2, -0.15) is 0 Å². The van der Waals surface area contributed by atoms with Gasteiger partial charge in [0.2, 0.25) is 0 Å². The molecule has 0 aliphatic rings. The molecular formula is C14H12Cl2FIN2. The zero-order chi connectivity index (χ0) is 14.7. The molecule has 2 rings (SSSR count). The lowest BCUT2D eigenvalue weighted by Crippen LogP contribution is -2.30. The lowest BCUT2D eigenvalue weighted by molar-refractivity contribution is 0.547. The third-order valence-corrected chi connectivity index (χ3v) is 4.65. The number of halogens is 4. The topological polar surface area (TPSA) is 38.0 Å². The average Bonchev–Trinajstić information content (AvgIpc) is 2.40. The SMILES string of the molecule is NNC(Cc1c(Cl)cccc1Cl)c1ccc(F)cc1I. The minimum Gasteiger partial charge on any atom is -0.271 e. The van der Waals surface area contributed by atoms with Crippen LogP contribution in [0, 0.1) is 9.39 Å². The van der Waals surface area contributed by atoms with E-state index in [0.717, 1.165) is 14.7 Å². The fourth-order valence-corrected chi connectivity index (χ4v) is 3.38. The fourth-order valence-electron chi connectivity index (χ4n) is 1.97. The van der Waals surface area contributed by atoms with Crippen molar-refractivity contribution in [2.75, 3.05) is 0 Å². The van der Waals surface area contributed by atoms with Crippen LogP contribution in [-0.4, -0.2) is 0 Å². The Hall–Kier alpha value is -0.400. The zero-order valence-electron chi connectivity index (χ0n) is 10.3. The van der Waals surface area contributed by atoms with Gasteiger partial charge in [-0.3, -0.25) is 11.3 Å². The van der Waals surface area contributed by atoms with Gasteiger partial charge in [0, 0.05) is 13.6 Å². The number of nitrogens with one attached hydrogen (secondary N) is 1. The highest BCUT2D eigenvalue weighted by Crippen LogP contribution is 2.30. The monoisotopic (exact) mass is 424 g/mol. The van der Waals surface area contributed by atoms with Gasteiger partial charge in [-0.05, 0) is 64.4 Å². The molecule has 0 saturated carbocycles. The first-order valence-electron chi connectivity index (χ1n) is 5.87. The van der Waals surface area contributed by atoms with Crippen molar-refractivity contribution in [3.05, 3.63) is 67.0 Å². The molecule has 6 heteroatoms. The van der Waals surface area contributed by atoms with Crippen molar-refractivity contribution >= 4 is 45.8 Å². The van der Waals surface area contributed by atoms with E-state index in [1.807, 2.05) is 0 Å². The molecule has 2 nitrogen and oxygen atoms in total. The molecule has 0 saturated heterocycles. The minimum absolute atomic E-state index is 0.195. The Morgan fingerprint density at radius 2 is 1.85 bits per heavy atom. The molecule has 0 heterocycles. The molecule has 3 N–H and O–H groups in total. The van der Waals surface area contributed by atoms with Gasteiger partial charge >= 0.3 is 0 Å². The van der Waals surface area contributed by atoms with Crippen LogP contribution < -0.4 is 11.3 Å². The molecule has 0 aliphatic heterocycles. The quantitative estimate of drug-likeness (QED) is 0.431. The molecule has 106 valence electrons. The summed E-state index contributed by atoms with van der Waals surface area (Å²) in [4.78, 5) is 0. The smallest absolute Gasteiger partial charge is 0.124 e. The van der Waals surface area contributed by atoms with Crippen molar-refractivity contribution < 1.29 is 4.39 Å². The van der Waals surface area contributed by atoms with Crippen LogP contribution in [0.2, 0.25) is 10.0 Å². The van der Waals surface area contributed by atoms with E-state index < -0.39 is 0 Å². The first kappa shape index (κ1) is 16.0. The molecule has 0 aliphatic carbocycles. The summed E-state index contributed by atoms with van der Waals surface area (Å²) in [5.74, 6) is 5.35. The molecule has 1 atom stereocenters. The van der Waals surface area contributed by atoms with E-state index in [-0.39, 0.29) is 11.9 Å². The molecule has 20 heavy (non-hydrogen) atoms. The van der Waals surface area contributed by atoms with E-state index in [9.17, 15) is 4.39 Å². The molecule has 0 spiro atoms. The van der Waals surface area contributed by atoms with Crippen LogP contribution in [0.5, 0.6) is 0 Å². The molecule has 0 radical (unpaired) electrons. The highest BCUT2D eigenvalue weighted by Gasteiger charge is 2.17. The maximum absolute atomic E-state index is 13.2. The highest BCUT2D eigenvalue weighted by molar-refractivity contribution is 14.1. The summed E-state index contributed by atoms with van der Waals surface area (Å²) in [7, 11) is 0. The van der Waals surface area contributed by atoms with Gasteiger partial charge in [0.15, 0.2) is 0 Å². The molecule has 2 aromatic rings. The van der Waals surface area contributed by atoms with Crippen LogP contribution in [0.25, 0.3) is 0 Å². The Bertz CT molecular complexity index is 602. The van der Waals surface area contributed by atoms with Gasteiger partial charge < -0.3 is 0 Å². The van der Waals surface area contributed by atoms with E-state index >= 15 is 0 Å². The molecular weight excluding hydrogens is 413 g/mol. The predicted molar refractivity (Wildman–Crippen MR) is 89.3 cm³/mol. The van der Waals surface area contributed by atoms with Crippen molar-refractivity contribution in [2.24, 2.45) is 5.84 Å². The van der Waals surface area contributed by atoms with Gasteiger partial charge in [0.05, 0.1) is 6.04 Å². The fraction of sp³-hybridized carbons (Fsp3) is 0.143. The van der Waals surface area contributed by atoms with Crippen LogP contribution in [0.4, 0.5) is 4.39 Å². The van der Waals surface area contributed by atoms with E-state index in [1.165, 1.54) is 12.1 Å². The Labute approximate surface area is 140 Å². The average molecular weight is 425 g/mol. The normalized spacial score (nSPS) is 12.4. The van der Waals surface area contributed by atoms with E-state index in [2.05, 4.69) is 28.0 Å². The van der Waals surface area contributed by atoms with Crippen molar-refractivity contribution in [3.63, 3.8) is 0 Å². The second-order valence-electron chi connectivity index (χ2n) is 4.29. The van der Waals surface area contributed by atoms with Crippen LogP contribution in [0.15, 0.2) is 36.4 Å². The number of hydrogen-bond donors (Lipinski definition) is 2. The summed E-state index contributed by atoms with van der Waals surface area (Å²) >= 11 is 14.4. The summed E-state index contributed by atoms with van der Waals surface area (Å²) in [5.41, 5.74) is 4.46. The Kier molecular flexibility index (Phi) is 5.63. The Morgan fingerprint density at radius 3 is 2.40 bits per heavy atom. The zero-order valence-corrected chi connectivity index (χ0v) is 14.0. The lowest BCUT2D eigenvalue weighted by atomic mass is 9.99. The number of hydrogen-bond acceptors (Lipinski definition) is 2. The van der Waals surface area contributed by atoms with Crippen molar-refractivity contribution in [2.45, 2.75) is 12.5 Å².